The molecular formula is C12H25NOS. The van der Waals surface area contributed by atoms with Crippen LogP contribution in [0.3, 0.4) is 0 Å². The number of rotatable bonds is 2. The van der Waals surface area contributed by atoms with Gasteiger partial charge in [0.05, 0.1) is 12.2 Å². The quantitative estimate of drug-likeness (QED) is 0.723. The fourth-order valence-electron chi connectivity index (χ4n) is 3.18. The van der Waals surface area contributed by atoms with Crippen LogP contribution < -0.4 is 0 Å². The fourth-order valence-corrected chi connectivity index (χ4v) is 3.18. The third-order valence-corrected chi connectivity index (χ3v) is 3.75. The molecule has 0 N–H and O–H groups in total. The van der Waals surface area contributed by atoms with Crippen molar-refractivity contribution in [3.8, 4) is 0 Å². The van der Waals surface area contributed by atoms with Crippen LogP contribution in [0.2, 0.25) is 0 Å². The lowest BCUT2D eigenvalue weighted by molar-refractivity contribution is 0.00598. The first-order valence-corrected chi connectivity index (χ1v) is 5.94. The number of nitrogens with zero attached hydrogens (tertiary/aromatic N) is 1. The Kier molecular flexibility index (Phi) is 4.50. The largest absolute Gasteiger partial charge is 0.376 e. The van der Waals surface area contributed by atoms with Gasteiger partial charge < -0.3 is 9.64 Å². The molecule has 3 heteroatoms. The van der Waals surface area contributed by atoms with E-state index >= 15 is 0 Å². The number of hydrogen-bond donors (Lipinski definition) is 0. The number of likely N-dealkylation sites (tertiary alicyclic amines) is 1. The second-order valence-electron chi connectivity index (χ2n) is 5.54. The lowest BCUT2D eigenvalue weighted by Gasteiger charge is -2.23. The molecule has 15 heavy (non-hydrogen) atoms. The summed E-state index contributed by atoms with van der Waals surface area (Å²) in [4.78, 5) is 2.47. The standard InChI is InChI=1S/C12H23NO.H2S/c1-10(2)14-11-4-5-12(8-11)6-7-13(3)9-12;/h10-11H,4-9H2,1-3H3;1H2. The molecule has 0 aromatic carbocycles. The van der Waals surface area contributed by atoms with E-state index in [0.29, 0.717) is 17.6 Å². The highest BCUT2D eigenvalue weighted by atomic mass is 32.1. The maximum absolute atomic E-state index is 5.91. The summed E-state index contributed by atoms with van der Waals surface area (Å²) in [7, 11) is 2.24. The first kappa shape index (κ1) is 13.3. The average Bonchev–Trinajstić information content (AvgIpc) is 2.60. The van der Waals surface area contributed by atoms with Gasteiger partial charge in [-0.1, -0.05) is 0 Å². The van der Waals surface area contributed by atoms with E-state index in [-0.39, 0.29) is 13.5 Å². The molecule has 0 amide bonds. The Hall–Kier alpha value is 0.270. The molecule has 0 aromatic rings. The third kappa shape index (κ3) is 3.11. The highest BCUT2D eigenvalue weighted by Gasteiger charge is 2.43. The zero-order valence-electron chi connectivity index (χ0n) is 10.3. The van der Waals surface area contributed by atoms with E-state index in [1.54, 1.807) is 0 Å². The first-order valence-electron chi connectivity index (χ1n) is 5.94. The van der Waals surface area contributed by atoms with E-state index < -0.39 is 0 Å². The second-order valence-corrected chi connectivity index (χ2v) is 5.54. The van der Waals surface area contributed by atoms with Crippen LogP contribution in [-0.4, -0.2) is 37.2 Å². The topological polar surface area (TPSA) is 12.5 Å². The summed E-state index contributed by atoms with van der Waals surface area (Å²) in [6, 6.07) is 0. The van der Waals surface area contributed by atoms with Crippen molar-refractivity contribution in [2.75, 3.05) is 20.1 Å². The van der Waals surface area contributed by atoms with Crippen LogP contribution in [0.15, 0.2) is 0 Å². The normalized spacial score (nSPS) is 36.4. The summed E-state index contributed by atoms with van der Waals surface area (Å²) < 4.78 is 5.91. The van der Waals surface area contributed by atoms with Crippen molar-refractivity contribution in [1.82, 2.24) is 4.90 Å². The van der Waals surface area contributed by atoms with Gasteiger partial charge in [-0.25, -0.2) is 0 Å². The minimum atomic E-state index is 0. The Bertz CT molecular complexity index is 210. The molecule has 0 bridgehead atoms. The van der Waals surface area contributed by atoms with Gasteiger partial charge in [-0.2, -0.15) is 13.5 Å². The Morgan fingerprint density at radius 1 is 1.33 bits per heavy atom. The van der Waals surface area contributed by atoms with E-state index in [9.17, 15) is 0 Å². The third-order valence-electron chi connectivity index (χ3n) is 3.75. The van der Waals surface area contributed by atoms with Crippen molar-refractivity contribution < 1.29 is 4.74 Å². The first-order chi connectivity index (χ1) is 6.60. The highest BCUT2D eigenvalue weighted by Crippen LogP contribution is 2.46. The molecule has 1 saturated heterocycles. The lowest BCUT2D eigenvalue weighted by Crippen LogP contribution is -2.24. The van der Waals surface area contributed by atoms with Gasteiger partial charge in [-0.3, -0.25) is 0 Å². The van der Waals surface area contributed by atoms with Crippen LogP contribution in [0.25, 0.3) is 0 Å². The Labute approximate surface area is 101 Å². The molecule has 90 valence electrons. The summed E-state index contributed by atoms with van der Waals surface area (Å²) in [6.07, 6.45) is 6.30. The van der Waals surface area contributed by atoms with E-state index in [2.05, 4.69) is 25.8 Å². The molecule has 2 rings (SSSR count). The van der Waals surface area contributed by atoms with Gasteiger partial charge in [0.25, 0.3) is 0 Å². The molecule has 1 saturated carbocycles. The van der Waals surface area contributed by atoms with Crippen LogP contribution in [0, 0.1) is 5.41 Å². The van der Waals surface area contributed by atoms with Crippen molar-refractivity contribution in [1.29, 1.82) is 0 Å². The maximum Gasteiger partial charge on any atom is 0.0584 e. The molecule has 2 unspecified atom stereocenters. The number of ether oxygens (including phenoxy) is 1. The van der Waals surface area contributed by atoms with Gasteiger partial charge in [0, 0.05) is 6.54 Å². The Morgan fingerprint density at radius 3 is 2.60 bits per heavy atom. The van der Waals surface area contributed by atoms with Crippen molar-refractivity contribution in [3.63, 3.8) is 0 Å². The molecule has 1 aliphatic carbocycles. The van der Waals surface area contributed by atoms with E-state index in [4.69, 9.17) is 4.74 Å². The predicted molar refractivity (Wildman–Crippen MR) is 68.8 cm³/mol. The molecule has 2 atom stereocenters. The lowest BCUT2D eigenvalue weighted by atomic mass is 9.85. The molecule has 2 fully saturated rings. The minimum absolute atomic E-state index is 0. The maximum atomic E-state index is 5.91. The summed E-state index contributed by atoms with van der Waals surface area (Å²) in [5, 5.41) is 0. The monoisotopic (exact) mass is 231 g/mol. The smallest absolute Gasteiger partial charge is 0.0584 e. The molecule has 2 nitrogen and oxygen atoms in total. The SMILES string of the molecule is CC(C)OC1CCC2(CCN(C)C2)C1.S. The van der Waals surface area contributed by atoms with Gasteiger partial charge in [0.1, 0.15) is 0 Å². The fraction of sp³-hybridized carbons (Fsp3) is 1.00. The molecule has 0 radical (unpaired) electrons. The van der Waals surface area contributed by atoms with Gasteiger partial charge in [-0.15, -0.1) is 0 Å². The van der Waals surface area contributed by atoms with Crippen LogP contribution >= 0.6 is 13.5 Å². The van der Waals surface area contributed by atoms with Crippen molar-refractivity contribution in [2.45, 2.75) is 51.7 Å². The number of hydrogen-bond acceptors (Lipinski definition) is 2. The van der Waals surface area contributed by atoms with Crippen LogP contribution in [-0.2, 0) is 4.74 Å². The van der Waals surface area contributed by atoms with Crippen molar-refractivity contribution in [3.05, 3.63) is 0 Å². The minimum Gasteiger partial charge on any atom is -0.376 e. The van der Waals surface area contributed by atoms with Crippen LogP contribution in [0.1, 0.15) is 39.5 Å². The van der Waals surface area contributed by atoms with Gasteiger partial charge in [0.15, 0.2) is 0 Å². The Morgan fingerprint density at radius 2 is 2.07 bits per heavy atom. The summed E-state index contributed by atoms with van der Waals surface area (Å²) in [5.41, 5.74) is 0.619. The molecule has 2 aliphatic rings. The molecule has 1 spiro atoms. The second kappa shape index (κ2) is 5.07. The molecule has 1 heterocycles. The molecule has 0 aromatic heterocycles. The zero-order chi connectivity index (χ0) is 10.2. The van der Waals surface area contributed by atoms with E-state index in [1.807, 2.05) is 0 Å². The van der Waals surface area contributed by atoms with Crippen LogP contribution in [0.4, 0.5) is 0 Å². The molecular weight excluding hydrogens is 206 g/mol. The summed E-state index contributed by atoms with van der Waals surface area (Å²) in [5.74, 6) is 0. The van der Waals surface area contributed by atoms with E-state index in [1.165, 1.54) is 38.8 Å². The zero-order valence-corrected chi connectivity index (χ0v) is 11.3. The molecule has 1 aliphatic heterocycles. The van der Waals surface area contributed by atoms with Gasteiger partial charge >= 0.3 is 0 Å². The average molecular weight is 231 g/mol. The predicted octanol–water partition coefficient (Wildman–Crippen LogP) is 2.40. The summed E-state index contributed by atoms with van der Waals surface area (Å²) in [6.45, 7) is 6.87. The van der Waals surface area contributed by atoms with Gasteiger partial charge in [0.2, 0.25) is 0 Å². The van der Waals surface area contributed by atoms with Crippen molar-refractivity contribution >= 4 is 13.5 Å². The van der Waals surface area contributed by atoms with Crippen LogP contribution in [0.5, 0.6) is 0 Å². The van der Waals surface area contributed by atoms with E-state index in [0.717, 1.165) is 0 Å². The van der Waals surface area contributed by atoms with Crippen molar-refractivity contribution in [2.24, 2.45) is 5.41 Å². The summed E-state index contributed by atoms with van der Waals surface area (Å²) >= 11 is 0. The highest BCUT2D eigenvalue weighted by molar-refractivity contribution is 7.59. The Balaban J connectivity index is 0.00000112. The van der Waals surface area contributed by atoms with Gasteiger partial charge in [-0.05, 0) is 58.5 Å².